The van der Waals surface area contributed by atoms with Crippen LogP contribution in [0.25, 0.3) is 11.3 Å². The summed E-state index contributed by atoms with van der Waals surface area (Å²) in [4.78, 5) is 12.3. The zero-order valence-electron chi connectivity index (χ0n) is 13.3. The third kappa shape index (κ3) is 2.71. The molecular weight excluding hydrogens is 290 g/mol. The first-order valence-electron chi connectivity index (χ1n) is 8.28. The highest BCUT2D eigenvalue weighted by Gasteiger charge is 2.24. The van der Waals surface area contributed by atoms with Gasteiger partial charge in [-0.3, -0.25) is 9.48 Å². The quantitative estimate of drug-likeness (QED) is 0.948. The van der Waals surface area contributed by atoms with Gasteiger partial charge in [0.25, 0.3) is 0 Å². The molecule has 5 heteroatoms. The SMILES string of the molecule is Cc1ccc2c(c1)-c1c(cnn1CC(=O)NC1CCCC1)CO2. The molecule has 2 aliphatic rings. The van der Waals surface area contributed by atoms with E-state index in [2.05, 4.69) is 23.4 Å². The number of aryl methyl sites for hydroxylation is 1. The summed E-state index contributed by atoms with van der Waals surface area (Å²) >= 11 is 0. The van der Waals surface area contributed by atoms with Crippen molar-refractivity contribution >= 4 is 5.91 Å². The number of ether oxygens (including phenoxy) is 1. The van der Waals surface area contributed by atoms with E-state index in [1.807, 2.05) is 18.3 Å². The first-order chi connectivity index (χ1) is 11.2. The lowest BCUT2D eigenvalue weighted by Crippen LogP contribution is -2.35. The molecule has 1 amide bonds. The molecule has 0 saturated heterocycles. The Hall–Kier alpha value is -2.30. The molecule has 0 unspecified atom stereocenters. The second-order valence-corrected chi connectivity index (χ2v) is 6.51. The number of hydrogen-bond acceptors (Lipinski definition) is 3. The summed E-state index contributed by atoms with van der Waals surface area (Å²) < 4.78 is 7.58. The number of nitrogens with zero attached hydrogens (tertiary/aromatic N) is 2. The maximum absolute atomic E-state index is 12.3. The molecule has 1 aromatic carbocycles. The molecule has 1 N–H and O–H groups in total. The summed E-state index contributed by atoms with van der Waals surface area (Å²) in [6.07, 6.45) is 6.43. The van der Waals surface area contributed by atoms with E-state index in [4.69, 9.17) is 4.74 Å². The van der Waals surface area contributed by atoms with Gasteiger partial charge in [-0.05, 0) is 31.9 Å². The van der Waals surface area contributed by atoms with E-state index in [1.165, 1.54) is 18.4 Å². The highest BCUT2D eigenvalue weighted by Crippen LogP contribution is 2.37. The molecule has 2 heterocycles. The van der Waals surface area contributed by atoms with Crippen LogP contribution < -0.4 is 10.1 Å². The number of benzene rings is 1. The molecular formula is C18H21N3O2. The highest BCUT2D eigenvalue weighted by atomic mass is 16.5. The summed E-state index contributed by atoms with van der Waals surface area (Å²) in [5.41, 5.74) is 4.24. The summed E-state index contributed by atoms with van der Waals surface area (Å²) in [6, 6.07) is 6.47. The van der Waals surface area contributed by atoms with Crippen molar-refractivity contribution in [3.8, 4) is 17.0 Å². The van der Waals surface area contributed by atoms with Gasteiger partial charge < -0.3 is 10.1 Å². The minimum absolute atomic E-state index is 0.0449. The lowest BCUT2D eigenvalue weighted by molar-refractivity contribution is -0.122. The largest absolute Gasteiger partial charge is 0.488 e. The summed E-state index contributed by atoms with van der Waals surface area (Å²) in [5, 5.41) is 7.55. The van der Waals surface area contributed by atoms with Crippen molar-refractivity contribution < 1.29 is 9.53 Å². The number of carbonyl (C=O) groups excluding carboxylic acids is 1. The molecule has 1 fully saturated rings. The molecule has 120 valence electrons. The monoisotopic (exact) mass is 311 g/mol. The average Bonchev–Trinajstić information content (AvgIpc) is 3.17. The molecule has 5 nitrogen and oxygen atoms in total. The Labute approximate surface area is 135 Å². The molecule has 23 heavy (non-hydrogen) atoms. The van der Waals surface area contributed by atoms with Crippen molar-refractivity contribution in [1.82, 2.24) is 15.1 Å². The summed E-state index contributed by atoms with van der Waals surface area (Å²) in [5.74, 6) is 0.907. The molecule has 4 rings (SSSR count). The van der Waals surface area contributed by atoms with Gasteiger partial charge in [0.2, 0.25) is 5.91 Å². The van der Waals surface area contributed by atoms with Gasteiger partial charge in [-0.1, -0.05) is 24.5 Å². The Morgan fingerprint density at radius 1 is 1.39 bits per heavy atom. The predicted molar refractivity (Wildman–Crippen MR) is 87.1 cm³/mol. The smallest absolute Gasteiger partial charge is 0.241 e. The van der Waals surface area contributed by atoms with E-state index in [0.717, 1.165) is 35.4 Å². The van der Waals surface area contributed by atoms with Crippen LogP contribution in [0.5, 0.6) is 5.75 Å². The average molecular weight is 311 g/mol. The second-order valence-electron chi connectivity index (χ2n) is 6.51. The van der Waals surface area contributed by atoms with Crippen LogP contribution in [0.3, 0.4) is 0 Å². The molecule has 0 spiro atoms. The number of rotatable bonds is 3. The zero-order chi connectivity index (χ0) is 15.8. The van der Waals surface area contributed by atoms with Crippen LogP contribution in [0.2, 0.25) is 0 Å². The van der Waals surface area contributed by atoms with Crippen LogP contribution in [0, 0.1) is 6.92 Å². The van der Waals surface area contributed by atoms with Crippen LogP contribution in [0.4, 0.5) is 0 Å². The van der Waals surface area contributed by atoms with E-state index in [9.17, 15) is 4.79 Å². The number of aromatic nitrogens is 2. The fourth-order valence-electron chi connectivity index (χ4n) is 3.55. The summed E-state index contributed by atoms with van der Waals surface area (Å²) in [7, 11) is 0. The van der Waals surface area contributed by atoms with E-state index in [1.54, 1.807) is 4.68 Å². The van der Waals surface area contributed by atoms with E-state index in [0.29, 0.717) is 12.6 Å². The molecule has 1 aliphatic heterocycles. The van der Waals surface area contributed by atoms with Crippen LogP contribution in [0.15, 0.2) is 24.4 Å². The van der Waals surface area contributed by atoms with Crippen LogP contribution in [-0.4, -0.2) is 21.7 Å². The Morgan fingerprint density at radius 2 is 2.22 bits per heavy atom. The topological polar surface area (TPSA) is 56.2 Å². The van der Waals surface area contributed by atoms with Crippen molar-refractivity contribution in [2.75, 3.05) is 0 Å². The lowest BCUT2D eigenvalue weighted by Gasteiger charge is -2.20. The summed E-state index contributed by atoms with van der Waals surface area (Å²) in [6.45, 7) is 2.83. The van der Waals surface area contributed by atoms with Crippen LogP contribution >= 0.6 is 0 Å². The zero-order valence-corrected chi connectivity index (χ0v) is 13.3. The third-order valence-corrected chi connectivity index (χ3v) is 4.70. The standard InChI is InChI=1S/C18H21N3O2/c1-12-6-7-16-15(8-12)18-13(11-23-16)9-19-21(18)10-17(22)20-14-4-2-3-5-14/h6-9,14H,2-5,10-11H2,1H3,(H,20,22). The molecule has 1 aromatic heterocycles. The Bertz CT molecular complexity index is 745. The van der Waals surface area contributed by atoms with Crippen molar-refractivity contribution in [2.24, 2.45) is 0 Å². The van der Waals surface area contributed by atoms with Gasteiger partial charge in [-0.15, -0.1) is 0 Å². The molecule has 0 bridgehead atoms. The number of amides is 1. The third-order valence-electron chi connectivity index (χ3n) is 4.70. The van der Waals surface area contributed by atoms with Gasteiger partial charge in [0.05, 0.1) is 11.9 Å². The predicted octanol–water partition coefficient (Wildman–Crippen LogP) is 2.81. The molecule has 0 atom stereocenters. The van der Waals surface area contributed by atoms with Crippen LogP contribution in [0.1, 0.15) is 36.8 Å². The van der Waals surface area contributed by atoms with Crippen molar-refractivity contribution in [3.05, 3.63) is 35.5 Å². The Balaban J connectivity index is 1.59. The van der Waals surface area contributed by atoms with Crippen molar-refractivity contribution in [3.63, 3.8) is 0 Å². The normalized spacial score (nSPS) is 16.6. The van der Waals surface area contributed by atoms with Gasteiger partial charge in [-0.2, -0.15) is 5.10 Å². The van der Waals surface area contributed by atoms with E-state index < -0.39 is 0 Å². The Kier molecular flexibility index (Phi) is 3.56. The minimum Gasteiger partial charge on any atom is -0.488 e. The highest BCUT2D eigenvalue weighted by molar-refractivity contribution is 5.78. The fourth-order valence-corrected chi connectivity index (χ4v) is 3.55. The molecule has 2 aromatic rings. The lowest BCUT2D eigenvalue weighted by atomic mass is 10.0. The van der Waals surface area contributed by atoms with Gasteiger partial charge in [0.15, 0.2) is 0 Å². The van der Waals surface area contributed by atoms with Crippen molar-refractivity contribution in [2.45, 2.75) is 51.8 Å². The van der Waals surface area contributed by atoms with Crippen molar-refractivity contribution in [1.29, 1.82) is 0 Å². The number of carbonyl (C=O) groups is 1. The minimum atomic E-state index is 0.0449. The maximum atomic E-state index is 12.3. The first kappa shape index (κ1) is 14.3. The number of fused-ring (bicyclic) bond motifs is 3. The Morgan fingerprint density at radius 3 is 3.04 bits per heavy atom. The number of hydrogen-bond donors (Lipinski definition) is 1. The fraction of sp³-hybridized carbons (Fsp3) is 0.444. The molecule has 1 aliphatic carbocycles. The van der Waals surface area contributed by atoms with Gasteiger partial charge >= 0.3 is 0 Å². The van der Waals surface area contributed by atoms with E-state index in [-0.39, 0.29) is 12.5 Å². The van der Waals surface area contributed by atoms with Gasteiger partial charge in [-0.25, -0.2) is 0 Å². The molecule has 0 radical (unpaired) electrons. The van der Waals surface area contributed by atoms with Gasteiger partial charge in [0.1, 0.15) is 18.9 Å². The second kappa shape index (κ2) is 5.72. The first-order valence-corrected chi connectivity index (χ1v) is 8.28. The van der Waals surface area contributed by atoms with Crippen LogP contribution in [-0.2, 0) is 17.9 Å². The van der Waals surface area contributed by atoms with E-state index >= 15 is 0 Å². The van der Waals surface area contributed by atoms with Gasteiger partial charge in [0, 0.05) is 17.2 Å². The molecule has 1 saturated carbocycles. The maximum Gasteiger partial charge on any atom is 0.241 e. The number of nitrogens with one attached hydrogen (secondary N) is 1.